The molecular weight excluding hydrogens is 322 g/mol. The van der Waals surface area contributed by atoms with Crippen molar-refractivity contribution in [2.75, 3.05) is 11.2 Å². The van der Waals surface area contributed by atoms with E-state index in [0.717, 1.165) is 23.4 Å². The summed E-state index contributed by atoms with van der Waals surface area (Å²) in [6.07, 6.45) is 1.88. The van der Waals surface area contributed by atoms with Crippen molar-refractivity contribution in [2.24, 2.45) is 0 Å². The molecule has 0 aliphatic rings. The standard InChI is InChI=1S/C16H14ClNOS2/c17-7-2-4-11-3-1-5-12(9-11)18-16(19)15-10-14-13(21-15)6-8-20-14/h1,3,5-6,8-10H,2,4,7H2,(H,18,19). The van der Waals surface area contributed by atoms with Crippen LogP contribution >= 0.6 is 34.3 Å². The number of nitrogens with one attached hydrogen (secondary N) is 1. The van der Waals surface area contributed by atoms with Crippen LogP contribution in [-0.2, 0) is 6.42 Å². The molecule has 2 nitrogen and oxygen atoms in total. The van der Waals surface area contributed by atoms with E-state index in [9.17, 15) is 4.79 Å². The molecule has 5 heteroatoms. The Morgan fingerprint density at radius 1 is 1.19 bits per heavy atom. The molecule has 0 unspecified atom stereocenters. The van der Waals surface area contributed by atoms with Crippen LogP contribution in [0.1, 0.15) is 21.7 Å². The maximum atomic E-state index is 12.3. The first-order valence-corrected chi connectivity index (χ1v) is 8.92. The monoisotopic (exact) mass is 335 g/mol. The molecule has 3 aromatic rings. The molecule has 0 spiro atoms. The summed E-state index contributed by atoms with van der Waals surface area (Å²) >= 11 is 8.91. The average molecular weight is 336 g/mol. The number of carbonyl (C=O) groups is 1. The van der Waals surface area contributed by atoms with Crippen LogP contribution in [0.2, 0.25) is 0 Å². The first-order chi connectivity index (χ1) is 10.3. The Bertz CT molecular complexity index is 734. The van der Waals surface area contributed by atoms with Gasteiger partial charge in [-0.1, -0.05) is 12.1 Å². The molecule has 3 rings (SSSR count). The van der Waals surface area contributed by atoms with Crippen LogP contribution in [0.25, 0.3) is 9.40 Å². The fraction of sp³-hybridized carbons (Fsp3) is 0.188. The molecule has 0 fully saturated rings. The maximum absolute atomic E-state index is 12.3. The predicted octanol–water partition coefficient (Wildman–Crippen LogP) is 5.39. The van der Waals surface area contributed by atoms with Crippen molar-refractivity contribution in [3.05, 3.63) is 52.2 Å². The van der Waals surface area contributed by atoms with Crippen molar-refractivity contribution in [1.82, 2.24) is 0 Å². The van der Waals surface area contributed by atoms with Gasteiger partial charge >= 0.3 is 0 Å². The number of amides is 1. The zero-order chi connectivity index (χ0) is 14.7. The Labute approximate surface area is 136 Å². The summed E-state index contributed by atoms with van der Waals surface area (Å²) in [5.74, 6) is 0.612. The van der Waals surface area contributed by atoms with Crippen molar-refractivity contribution < 1.29 is 4.79 Å². The molecule has 1 N–H and O–H groups in total. The lowest BCUT2D eigenvalue weighted by Gasteiger charge is -2.06. The molecule has 2 heterocycles. The number of aryl methyl sites for hydroxylation is 1. The second kappa shape index (κ2) is 6.60. The largest absolute Gasteiger partial charge is 0.321 e. The molecule has 21 heavy (non-hydrogen) atoms. The van der Waals surface area contributed by atoms with Gasteiger partial charge in [-0.2, -0.15) is 0 Å². The van der Waals surface area contributed by atoms with Gasteiger partial charge in [-0.25, -0.2) is 0 Å². The number of fused-ring (bicyclic) bond motifs is 1. The maximum Gasteiger partial charge on any atom is 0.265 e. The van der Waals surface area contributed by atoms with E-state index < -0.39 is 0 Å². The van der Waals surface area contributed by atoms with Crippen LogP contribution in [-0.4, -0.2) is 11.8 Å². The number of carbonyl (C=O) groups excluding carboxylic acids is 1. The van der Waals surface area contributed by atoms with Gasteiger partial charge in [0.15, 0.2) is 0 Å². The summed E-state index contributed by atoms with van der Waals surface area (Å²) in [5.41, 5.74) is 2.03. The topological polar surface area (TPSA) is 29.1 Å². The van der Waals surface area contributed by atoms with Crippen molar-refractivity contribution in [3.8, 4) is 0 Å². The first-order valence-electron chi connectivity index (χ1n) is 6.69. The van der Waals surface area contributed by atoms with Gasteiger partial charge in [0.1, 0.15) is 0 Å². The number of hydrogen-bond donors (Lipinski definition) is 1. The fourth-order valence-electron chi connectivity index (χ4n) is 2.15. The lowest BCUT2D eigenvalue weighted by molar-refractivity contribution is 0.103. The van der Waals surface area contributed by atoms with E-state index in [1.54, 1.807) is 11.3 Å². The van der Waals surface area contributed by atoms with E-state index in [1.165, 1.54) is 26.3 Å². The van der Waals surface area contributed by atoms with E-state index in [2.05, 4.69) is 11.4 Å². The van der Waals surface area contributed by atoms with Gasteiger partial charge in [-0.3, -0.25) is 4.79 Å². The Balaban J connectivity index is 1.73. The van der Waals surface area contributed by atoms with Crippen molar-refractivity contribution >= 4 is 55.3 Å². The minimum Gasteiger partial charge on any atom is -0.321 e. The second-order valence-electron chi connectivity index (χ2n) is 4.71. The lowest BCUT2D eigenvalue weighted by Crippen LogP contribution is -2.10. The van der Waals surface area contributed by atoms with Gasteiger partial charge in [0.2, 0.25) is 0 Å². The molecule has 0 aliphatic carbocycles. The summed E-state index contributed by atoms with van der Waals surface area (Å²) < 4.78 is 2.34. The molecule has 1 aromatic carbocycles. The second-order valence-corrected chi connectivity index (χ2v) is 7.12. The number of halogens is 1. The smallest absolute Gasteiger partial charge is 0.265 e. The Morgan fingerprint density at radius 3 is 2.90 bits per heavy atom. The van der Waals surface area contributed by atoms with Gasteiger partial charge in [0, 0.05) is 21.0 Å². The molecule has 0 bridgehead atoms. The summed E-state index contributed by atoms with van der Waals surface area (Å²) in [6, 6.07) is 12.0. The molecule has 108 valence electrons. The Morgan fingerprint density at radius 2 is 2.10 bits per heavy atom. The summed E-state index contributed by atoms with van der Waals surface area (Å²) in [4.78, 5) is 13.0. The highest BCUT2D eigenvalue weighted by Crippen LogP contribution is 2.30. The van der Waals surface area contributed by atoms with Gasteiger partial charge < -0.3 is 5.32 Å². The quantitative estimate of drug-likeness (QED) is 0.622. The number of thiophene rings is 2. The van der Waals surface area contributed by atoms with Crippen LogP contribution < -0.4 is 5.32 Å². The molecular formula is C16H14ClNOS2. The van der Waals surface area contributed by atoms with Crippen LogP contribution in [0.4, 0.5) is 5.69 Å². The molecule has 0 radical (unpaired) electrons. The lowest BCUT2D eigenvalue weighted by atomic mass is 10.1. The molecule has 1 amide bonds. The fourth-order valence-corrected chi connectivity index (χ4v) is 4.28. The van der Waals surface area contributed by atoms with Crippen molar-refractivity contribution in [1.29, 1.82) is 0 Å². The zero-order valence-corrected chi connectivity index (χ0v) is 13.7. The molecule has 0 saturated carbocycles. The summed E-state index contributed by atoms with van der Waals surface area (Å²) in [5, 5.41) is 5.01. The van der Waals surface area contributed by atoms with E-state index >= 15 is 0 Å². The highest BCUT2D eigenvalue weighted by molar-refractivity contribution is 7.27. The van der Waals surface area contributed by atoms with Gasteiger partial charge in [-0.15, -0.1) is 34.3 Å². The minimum absolute atomic E-state index is 0.0436. The van der Waals surface area contributed by atoms with Gasteiger partial charge in [0.25, 0.3) is 5.91 Å². The number of rotatable bonds is 5. The SMILES string of the molecule is O=C(Nc1cccc(CCCCl)c1)c1cc2sccc2s1. The zero-order valence-electron chi connectivity index (χ0n) is 11.3. The molecule has 2 aromatic heterocycles. The van der Waals surface area contributed by atoms with Crippen LogP contribution in [0.3, 0.4) is 0 Å². The van der Waals surface area contributed by atoms with E-state index in [4.69, 9.17) is 11.6 Å². The highest BCUT2D eigenvalue weighted by atomic mass is 35.5. The van der Waals surface area contributed by atoms with Gasteiger partial charge in [-0.05, 0) is 48.1 Å². The Kier molecular flexibility index (Phi) is 4.58. The predicted molar refractivity (Wildman–Crippen MR) is 93.1 cm³/mol. The molecule has 0 atom stereocenters. The third kappa shape index (κ3) is 3.46. The van der Waals surface area contributed by atoms with Crippen LogP contribution in [0.15, 0.2) is 41.8 Å². The third-order valence-electron chi connectivity index (χ3n) is 3.15. The summed E-state index contributed by atoms with van der Waals surface area (Å²) in [7, 11) is 0. The third-order valence-corrected chi connectivity index (χ3v) is 5.51. The number of alkyl halides is 1. The highest BCUT2D eigenvalue weighted by Gasteiger charge is 2.11. The van der Waals surface area contributed by atoms with Crippen molar-refractivity contribution in [2.45, 2.75) is 12.8 Å². The molecule has 0 aliphatic heterocycles. The number of anilines is 1. The first kappa shape index (κ1) is 14.6. The number of hydrogen-bond acceptors (Lipinski definition) is 3. The Hall–Kier alpha value is -1.36. The van der Waals surface area contributed by atoms with Gasteiger partial charge in [0.05, 0.1) is 4.88 Å². The molecule has 0 saturated heterocycles. The van der Waals surface area contributed by atoms with Crippen LogP contribution in [0, 0.1) is 0 Å². The van der Waals surface area contributed by atoms with Crippen LogP contribution in [0.5, 0.6) is 0 Å². The summed E-state index contributed by atoms with van der Waals surface area (Å²) in [6.45, 7) is 0. The van der Waals surface area contributed by atoms with Crippen molar-refractivity contribution in [3.63, 3.8) is 0 Å². The van der Waals surface area contributed by atoms with E-state index in [-0.39, 0.29) is 5.91 Å². The van der Waals surface area contributed by atoms with E-state index in [1.807, 2.05) is 35.7 Å². The number of benzene rings is 1. The average Bonchev–Trinajstić information content (AvgIpc) is 3.06. The van der Waals surface area contributed by atoms with E-state index in [0.29, 0.717) is 5.88 Å². The normalized spacial score (nSPS) is 10.9. The minimum atomic E-state index is -0.0436.